The number of benzene rings is 2. The molecule has 2 aromatic carbocycles. The molecule has 0 saturated carbocycles. The molecule has 0 spiro atoms. The van der Waals surface area contributed by atoms with E-state index in [-0.39, 0.29) is 5.91 Å². The third kappa shape index (κ3) is 5.37. The molecule has 3 aromatic rings. The molecule has 0 aliphatic carbocycles. The molecule has 7 nitrogen and oxygen atoms in total. The fraction of sp³-hybridized carbons (Fsp3) is 0.304. The number of carbonyl (C=O) groups excluding carboxylic acids is 1. The van der Waals surface area contributed by atoms with Crippen LogP contribution in [0.5, 0.6) is 0 Å². The number of rotatable bonds is 6. The van der Waals surface area contributed by atoms with E-state index in [1.54, 1.807) is 18.2 Å². The van der Waals surface area contributed by atoms with E-state index in [1.165, 1.54) is 11.8 Å². The van der Waals surface area contributed by atoms with Crippen LogP contribution in [0.25, 0.3) is 10.9 Å². The molecule has 1 unspecified atom stereocenters. The fourth-order valence-electron chi connectivity index (χ4n) is 3.36. The van der Waals surface area contributed by atoms with Gasteiger partial charge in [-0.1, -0.05) is 41.6 Å². The van der Waals surface area contributed by atoms with Crippen molar-refractivity contribution in [3.63, 3.8) is 0 Å². The Hall–Kier alpha value is -2.70. The molecule has 0 bridgehead atoms. The minimum absolute atomic E-state index is 0.173. The SMILES string of the molecule is CC(Sc1nc(CN2CCOCC2)nc2ccccc12)C(=O)Nc1ccc(C#N)c(Cl)c1. The largest absolute Gasteiger partial charge is 0.379 e. The number of hydrogen-bond acceptors (Lipinski definition) is 7. The number of fused-ring (bicyclic) bond motifs is 1. The highest BCUT2D eigenvalue weighted by molar-refractivity contribution is 8.00. The average molecular weight is 468 g/mol. The van der Waals surface area contributed by atoms with Gasteiger partial charge in [-0.3, -0.25) is 9.69 Å². The minimum Gasteiger partial charge on any atom is -0.379 e. The summed E-state index contributed by atoms with van der Waals surface area (Å²) in [6.45, 7) is 5.61. The molecule has 4 rings (SSSR count). The molecule has 1 fully saturated rings. The van der Waals surface area contributed by atoms with E-state index >= 15 is 0 Å². The van der Waals surface area contributed by atoms with Crippen LogP contribution in [0, 0.1) is 11.3 Å². The fourth-order valence-corrected chi connectivity index (χ4v) is 4.54. The zero-order valence-electron chi connectivity index (χ0n) is 17.5. The maximum Gasteiger partial charge on any atom is 0.237 e. The van der Waals surface area contributed by atoms with Crippen LogP contribution in [-0.4, -0.2) is 52.3 Å². The molecular weight excluding hydrogens is 446 g/mol. The van der Waals surface area contributed by atoms with Gasteiger partial charge in [-0.15, -0.1) is 0 Å². The molecule has 1 aromatic heterocycles. The lowest BCUT2D eigenvalue weighted by molar-refractivity contribution is -0.115. The van der Waals surface area contributed by atoms with Crippen molar-refractivity contribution < 1.29 is 9.53 Å². The smallest absolute Gasteiger partial charge is 0.237 e. The number of morpholine rings is 1. The number of nitrogens with zero attached hydrogens (tertiary/aromatic N) is 4. The number of para-hydroxylation sites is 1. The summed E-state index contributed by atoms with van der Waals surface area (Å²) >= 11 is 7.47. The highest BCUT2D eigenvalue weighted by Gasteiger charge is 2.20. The summed E-state index contributed by atoms with van der Waals surface area (Å²) in [5.74, 6) is 0.563. The van der Waals surface area contributed by atoms with Crippen molar-refractivity contribution in [3.8, 4) is 6.07 Å². The quantitative estimate of drug-likeness (QED) is 0.431. The second kappa shape index (κ2) is 10.3. The van der Waals surface area contributed by atoms with Crippen LogP contribution in [0.4, 0.5) is 5.69 Å². The molecular formula is C23H22ClN5O2S. The first-order chi connectivity index (χ1) is 15.5. The van der Waals surface area contributed by atoms with E-state index < -0.39 is 5.25 Å². The number of anilines is 1. The van der Waals surface area contributed by atoms with Gasteiger partial charge in [0.2, 0.25) is 5.91 Å². The van der Waals surface area contributed by atoms with Crippen LogP contribution in [0.15, 0.2) is 47.5 Å². The maximum atomic E-state index is 12.8. The number of ether oxygens (including phenoxy) is 1. The van der Waals surface area contributed by atoms with E-state index in [0.717, 1.165) is 34.8 Å². The second-order valence-electron chi connectivity index (χ2n) is 7.41. The topological polar surface area (TPSA) is 91.1 Å². The molecule has 0 radical (unpaired) electrons. The van der Waals surface area contributed by atoms with Crippen LogP contribution in [0.2, 0.25) is 5.02 Å². The summed E-state index contributed by atoms with van der Waals surface area (Å²) in [5.41, 5.74) is 1.78. The third-order valence-electron chi connectivity index (χ3n) is 5.10. The summed E-state index contributed by atoms with van der Waals surface area (Å²) in [4.78, 5) is 24.6. The van der Waals surface area contributed by atoms with E-state index in [2.05, 4.69) is 10.2 Å². The van der Waals surface area contributed by atoms with Gasteiger partial charge in [0, 0.05) is 24.2 Å². The molecule has 1 atom stereocenters. The predicted molar refractivity (Wildman–Crippen MR) is 126 cm³/mol. The van der Waals surface area contributed by atoms with E-state index in [1.807, 2.05) is 37.3 Å². The van der Waals surface area contributed by atoms with Crippen LogP contribution < -0.4 is 5.32 Å². The number of carbonyl (C=O) groups is 1. The van der Waals surface area contributed by atoms with Gasteiger partial charge in [-0.25, -0.2) is 9.97 Å². The number of thioether (sulfide) groups is 1. The van der Waals surface area contributed by atoms with Gasteiger partial charge in [0.15, 0.2) is 0 Å². The molecule has 1 amide bonds. The van der Waals surface area contributed by atoms with E-state index in [9.17, 15) is 4.79 Å². The first-order valence-electron chi connectivity index (χ1n) is 10.3. The monoisotopic (exact) mass is 467 g/mol. The number of nitriles is 1. The third-order valence-corrected chi connectivity index (χ3v) is 6.51. The highest BCUT2D eigenvalue weighted by Crippen LogP contribution is 2.30. The first kappa shape index (κ1) is 22.5. The van der Waals surface area contributed by atoms with Crippen molar-refractivity contribution in [1.29, 1.82) is 5.26 Å². The Bertz CT molecular complexity index is 1180. The van der Waals surface area contributed by atoms with Gasteiger partial charge < -0.3 is 10.1 Å². The van der Waals surface area contributed by atoms with Crippen molar-refractivity contribution in [1.82, 2.24) is 14.9 Å². The molecule has 1 aliphatic rings. The van der Waals surface area contributed by atoms with Gasteiger partial charge in [-0.2, -0.15) is 5.26 Å². The molecule has 1 N–H and O–H groups in total. The van der Waals surface area contributed by atoms with Crippen molar-refractivity contribution in [3.05, 3.63) is 58.9 Å². The molecule has 2 heterocycles. The normalized spacial score (nSPS) is 15.3. The molecule has 164 valence electrons. The summed E-state index contributed by atoms with van der Waals surface area (Å²) in [7, 11) is 0. The van der Waals surface area contributed by atoms with Crippen molar-refractivity contribution >= 4 is 45.9 Å². The predicted octanol–water partition coefficient (Wildman–Crippen LogP) is 4.11. The number of halogens is 1. The number of nitrogens with one attached hydrogen (secondary N) is 1. The molecule has 9 heteroatoms. The maximum absolute atomic E-state index is 12.8. The Kier molecular flexibility index (Phi) is 7.22. The molecule has 32 heavy (non-hydrogen) atoms. The van der Waals surface area contributed by atoms with Crippen LogP contribution >= 0.6 is 23.4 Å². The van der Waals surface area contributed by atoms with Crippen LogP contribution in [0.3, 0.4) is 0 Å². The lowest BCUT2D eigenvalue weighted by atomic mass is 10.2. The zero-order chi connectivity index (χ0) is 22.5. The van der Waals surface area contributed by atoms with Crippen molar-refractivity contribution in [2.24, 2.45) is 0 Å². The summed E-state index contributed by atoms with van der Waals surface area (Å²) in [6.07, 6.45) is 0. The molecule has 1 aliphatic heterocycles. The number of hydrogen-bond donors (Lipinski definition) is 1. The second-order valence-corrected chi connectivity index (χ2v) is 9.14. The van der Waals surface area contributed by atoms with Crippen molar-refractivity contribution in [2.45, 2.75) is 23.7 Å². The van der Waals surface area contributed by atoms with E-state index in [0.29, 0.717) is 36.0 Å². The van der Waals surface area contributed by atoms with Gasteiger partial charge in [0.25, 0.3) is 0 Å². The Morgan fingerprint density at radius 3 is 2.81 bits per heavy atom. The lowest BCUT2D eigenvalue weighted by Gasteiger charge is -2.26. The Morgan fingerprint density at radius 2 is 2.06 bits per heavy atom. The zero-order valence-corrected chi connectivity index (χ0v) is 19.1. The van der Waals surface area contributed by atoms with E-state index in [4.69, 9.17) is 31.6 Å². The lowest BCUT2D eigenvalue weighted by Crippen LogP contribution is -2.36. The Balaban J connectivity index is 1.52. The number of amides is 1. The minimum atomic E-state index is -0.404. The highest BCUT2D eigenvalue weighted by atomic mass is 35.5. The van der Waals surface area contributed by atoms with Crippen molar-refractivity contribution in [2.75, 3.05) is 31.6 Å². The van der Waals surface area contributed by atoms with Gasteiger partial charge >= 0.3 is 0 Å². The Labute approximate surface area is 195 Å². The standard InChI is InChI=1S/C23H22ClN5O2S/c1-15(22(30)26-17-7-6-16(13-25)19(24)12-17)32-23-18-4-2-3-5-20(18)27-21(28-23)14-29-8-10-31-11-9-29/h2-7,12,15H,8-11,14H2,1H3,(H,26,30). The summed E-state index contributed by atoms with van der Waals surface area (Å²) in [5, 5.41) is 13.5. The summed E-state index contributed by atoms with van der Waals surface area (Å²) in [6, 6.07) is 14.7. The van der Waals surface area contributed by atoms with Crippen LogP contribution in [-0.2, 0) is 16.1 Å². The average Bonchev–Trinajstić information content (AvgIpc) is 2.80. The van der Waals surface area contributed by atoms with Gasteiger partial charge in [0.05, 0.1) is 41.1 Å². The number of aromatic nitrogens is 2. The Morgan fingerprint density at radius 1 is 1.28 bits per heavy atom. The van der Waals surface area contributed by atoms with Gasteiger partial charge in [-0.05, 0) is 31.2 Å². The first-order valence-corrected chi connectivity index (χ1v) is 11.5. The van der Waals surface area contributed by atoms with Crippen LogP contribution in [0.1, 0.15) is 18.3 Å². The summed E-state index contributed by atoms with van der Waals surface area (Å²) < 4.78 is 5.42. The van der Waals surface area contributed by atoms with Gasteiger partial charge in [0.1, 0.15) is 16.9 Å². The molecule has 1 saturated heterocycles.